The van der Waals surface area contributed by atoms with Crippen LogP contribution in [0.3, 0.4) is 0 Å². The van der Waals surface area contributed by atoms with E-state index >= 15 is 0 Å². The maximum absolute atomic E-state index is 12.8. The average Bonchev–Trinajstić information content (AvgIpc) is 2.84. The molecule has 0 bridgehead atoms. The van der Waals surface area contributed by atoms with Crippen LogP contribution in [0.15, 0.2) is 0 Å². The average molecular weight is 287 g/mol. The van der Waals surface area contributed by atoms with Gasteiger partial charge in [-0.3, -0.25) is 9.00 Å². The van der Waals surface area contributed by atoms with Gasteiger partial charge in [0.2, 0.25) is 0 Å². The first-order valence-corrected chi connectivity index (χ1v) is 8.60. The van der Waals surface area contributed by atoms with Crippen LogP contribution >= 0.6 is 0 Å². The Bertz CT molecular complexity index is 352. The van der Waals surface area contributed by atoms with Crippen molar-refractivity contribution in [2.75, 3.05) is 19.7 Å². The molecule has 1 unspecified atom stereocenters. The number of hydrogen-bond acceptors (Lipinski definition) is 3. The van der Waals surface area contributed by atoms with E-state index < -0.39 is 16.4 Å². The molecule has 2 rings (SSSR count). The standard InChI is InChI=1S/C14H25NO3S/c1-4-18-14(7-5-6-8-14)13(16)15-9-11(2)19(17)12(3)10-15/h11-12H,4-10H2,1-3H3/t11-,12+,19?. The SMILES string of the molecule is CCOC1(C(=O)N2C[C@@H](C)S(=O)[C@@H](C)C2)CCCC1. The van der Waals surface area contributed by atoms with Gasteiger partial charge < -0.3 is 9.64 Å². The molecule has 0 aromatic rings. The number of carbonyl (C=O) groups is 1. The highest BCUT2D eigenvalue weighted by atomic mass is 32.2. The van der Waals surface area contributed by atoms with Gasteiger partial charge in [0.1, 0.15) is 5.60 Å². The molecule has 1 saturated carbocycles. The largest absolute Gasteiger partial charge is 0.365 e. The van der Waals surface area contributed by atoms with Crippen molar-refractivity contribution in [3.8, 4) is 0 Å². The Hall–Kier alpha value is -0.420. The molecule has 2 aliphatic rings. The van der Waals surface area contributed by atoms with Gasteiger partial charge in [-0.25, -0.2) is 0 Å². The van der Waals surface area contributed by atoms with Crippen molar-refractivity contribution in [1.82, 2.24) is 4.90 Å². The van der Waals surface area contributed by atoms with Crippen molar-refractivity contribution in [1.29, 1.82) is 0 Å². The molecular weight excluding hydrogens is 262 g/mol. The lowest BCUT2D eigenvalue weighted by atomic mass is 9.99. The van der Waals surface area contributed by atoms with Crippen molar-refractivity contribution >= 4 is 16.7 Å². The summed E-state index contributed by atoms with van der Waals surface area (Å²) in [5, 5.41) is 0.126. The van der Waals surface area contributed by atoms with Gasteiger partial charge in [-0.1, -0.05) is 0 Å². The summed E-state index contributed by atoms with van der Waals surface area (Å²) in [5.41, 5.74) is -0.590. The first-order chi connectivity index (χ1) is 9.00. The van der Waals surface area contributed by atoms with Gasteiger partial charge >= 0.3 is 0 Å². The third-order valence-electron chi connectivity index (χ3n) is 4.26. The quantitative estimate of drug-likeness (QED) is 0.794. The Morgan fingerprint density at radius 3 is 2.26 bits per heavy atom. The molecule has 2 fully saturated rings. The molecule has 0 spiro atoms. The fourth-order valence-electron chi connectivity index (χ4n) is 3.34. The van der Waals surface area contributed by atoms with Crippen molar-refractivity contribution in [2.24, 2.45) is 0 Å². The first kappa shape index (κ1) is 15.0. The minimum Gasteiger partial charge on any atom is -0.365 e. The summed E-state index contributed by atoms with van der Waals surface area (Å²) < 4.78 is 17.8. The van der Waals surface area contributed by atoms with Crippen LogP contribution in [0.1, 0.15) is 46.5 Å². The van der Waals surface area contributed by atoms with Crippen molar-refractivity contribution in [2.45, 2.75) is 62.6 Å². The molecule has 1 aliphatic carbocycles. The highest BCUT2D eigenvalue weighted by Gasteiger charge is 2.46. The number of rotatable bonds is 3. The van der Waals surface area contributed by atoms with Gasteiger partial charge in [0, 0.05) is 41.0 Å². The predicted octanol–water partition coefficient (Wildman–Crippen LogP) is 1.70. The predicted molar refractivity (Wildman–Crippen MR) is 76.5 cm³/mol. The Morgan fingerprint density at radius 2 is 1.79 bits per heavy atom. The van der Waals surface area contributed by atoms with Gasteiger partial charge in [-0.2, -0.15) is 0 Å². The zero-order valence-electron chi connectivity index (χ0n) is 12.2. The van der Waals surface area contributed by atoms with E-state index in [-0.39, 0.29) is 16.4 Å². The van der Waals surface area contributed by atoms with Crippen molar-refractivity contribution in [3.63, 3.8) is 0 Å². The van der Waals surface area contributed by atoms with Crippen molar-refractivity contribution < 1.29 is 13.7 Å². The third kappa shape index (κ3) is 2.87. The van der Waals surface area contributed by atoms with Crippen LogP contribution in [0, 0.1) is 0 Å². The van der Waals surface area contributed by atoms with Crippen molar-refractivity contribution in [3.05, 3.63) is 0 Å². The summed E-state index contributed by atoms with van der Waals surface area (Å²) in [4.78, 5) is 14.7. The molecule has 0 aromatic carbocycles. The second kappa shape index (κ2) is 5.92. The number of ether oxygens (including phenoxy) is 1. The Balaban J connectivity index is 2.12. The molecule has 19 heavy (non-hydrogen) atoms. The van der Waals surface area contributed by atoms with Crippen LogP contribution in [-0.4, -0.2) is 50.8 Å². The summed E-state index contributed by atoms with van der Waals surface area (Å²) >= 11 is 0. The summed E-state index contributed by atoms with van der Waals surface area (Å²) in [7, 11) is -0.820. The molecule has 110 valence electrons. The van der Waals surface area contributed by atoms with E-state index in [0.717, 1.165) is 25.7 Å². The molecule has 3 atom stereocenters. The van der Waals surface area contributed by atoms with Gasteiger partial charge in [0.15, 0.2) is 0 Å². The smallest absolute Gasteiger partial charge is 0.254 e. The van der Waals surface area contributed by atoms with Crippen LogP contribution in [0.4, 0.5) is 0 Å². The maximum atomic E-state index is 12.8. The van der Waals surface area contributed by atoms with Crippen LogP contribution in [-0.2, 0) is 20.3 Å². The van der Waals surface area contributed by atoms with Gasteiger partial charge in [-0.05, 0) is 46.5 Å². The lowest BCUT2D eigenvalue weighted by Crippen LogP contribution is -2.56. The molecule has 1 amide bonds. The van der Waals surface area contributed by atoms with Crippen LogP contribution in [0.2, 0.25) is 0 Å². The number of amides is 1. The van der Waals surface area contributed by atoms with Crippen LogP contribution in [0.25, 0.3) is 0 Å². The van der Waals surface area contributed by atoms with E-state index in [1.807, 2.05) is 25.7 Å². The van der Waals surface area contributed by atoms with Gasteiger partial charge in [-0.15, -0.1) is 0 Å². The normalized spacial score (nSPS) is 34.5. The summed E-state index contributed by atoms with van der Waals surface area (Å²) in [5.74, 6) is 0.127. The summed E-state index contributed by atoms with van der Waals surface area (Å²) in [6, 6.07) is 0. The molecule has 4 nitrogen and oxygen atoms in total. The number of carbonyl (C=O) groups excluding carboxylic acids is 1. The fraction of sp³-hybridized carbons (Fsp3) is 0.929. The molecule has 1 aliphatic heterocycles. The van der Waals surface area contributed by atoms with E-state index in [0.29, 0.717) is 19.7 Å². The zero-order chi connectivity index (χ0) is 14.0. The molecule has 0 aromatic heterocycles. The summed E-state index contributed by atoms with van der Waals surface area (Å²) in [6.07, 6.45) is 3.80. The zero-order valence-corrected chi connectivity index (χ0v) is 13.0. The van der Waals surface area contributed by atoms with E-state index in [1.165, 1.54) is 0 Å². The third-order valence-corrected chi connectivity index (χ3v) is 6.14. The second-order valence-corrected chi connectivity index (χ2v) is 8.06. The number of nitrogens with zero attached hydrogens (tertiary/aromatic N) is 1. The highest BCUT2D eigenvalue weighted by molar-refractivity contribution is 7.86. The molecular formula is C14H25NO3S. The maximum Gasteiger partial charge on any atom is 0.254 e. The minimum atomic E-state index is -0.820. The Kier molecular flexibility index (Phi) is 4.66. The monoisotopic (exact) mass is 287 g/mol. The fourth-order valence-corrected chi connectivity index (χ4v) is 4.78. The molecule has 0 N–H and O–H groups in total. The molecule has 1 heterocycles. The lowest BCUT2D eigenvalue weighted by molar-refractivity contribution is -0.157. The molecule has 0 radical (unpaired) electrons. The second-order valence-electron chi connectivity index (χ2n) is 5.79. The van der Waals surface area contributed by atoms with E-state index in [2.05, 4.69) is 0 Å². The Morgan fingerprint density at radius 1 is 1.26 bits per heavy atom. The first-order valence-electron chi connectivity index (χ1n) is 7.33. The number of hydrogen-bond donors (Lipinski definition) is 0. The van der Waals surface area contributed by atoms with E-state index in [9.17, 15) is 9.00 Å². The van der Waals surface area contributed by atoms with Gasteiger partial charge in [0.05, 0.1) is 0 Å². The minimum absolute atomic E-state index is 0.0628. The highest BCUT2D eigenvalue weighted by Crippen LogP contribution is 2.35. The van der Waals surface area contributed by atoms with Crippen LogP contribution in [0.5, 0.6) is 0 Å². The molecule has 1 saturated heterocycles. The lowest BCUT2D eigenvalue weighted by Gasteiger charge is -2.39. The van der Waals surface area contributed by atoms with Gasteiger partial charge in [0.25, 0.3) is 5.91 Å². The van der Waals surface area contributed by atoms with E-state index in [1.54, 1.807) is 0 Å². The van der Waals surface area contributed by atoms with E-state index in [4.69, 9.17) is 4.74 Å². The topological polar surface area (TPSA) is 46.6 Å². The van der Waals surface area contributed by atoms with Crippen LogP contribution < -0.4 is 0 Å². The summed E-state index contributed by atoms with van der Waals surface area (Å²) in [6.45, 7) is 7.66. The molecule has 5 heteroatoms. The Labute approximate surface area is 118 Å².